The summed E-state index contributed by atoms with van der Waals surface area (Å²) in [5, 5.41) is 1.01. The number of carbonyl (C=O) groups is 1. The van der Waals surface area contributed by atoms with Crippen molar-refractivity contribution in [2.24, 2.45) is 0 Å². The van der Waals surface area contributed by atoms with Gasteiger partial charge in [-0.05, 0) is 6.42 Å². The number of alkyl halides is 3. The summed E-state index contributed by atoms with van der Waals surface area (Å²) in [6.07, 6.45) is -5.18. The normalized spacial score (nSPS) is 17.9. The molecule has 1 rings (SSSR count). The van der Waals surface area contributed by atoms with Crippen LogP contribution in [0.25, 0.3) is 0 Å². The summed E-state index contributed by atoms with van der Waals surface area (Å²) in [5.74, 6) is -0.588. The molecule has 1 aliphatic rings. The molecule has 1 aliphatic heterocycles. The van der Waals surface area contributed by atoms with Crippen molar-refractivity contribution in [2.45, 2.75) is 25.4 Å². The Labute approximate surface area is 73.4 Å². The Hall–Kier alpha value is -0.780. The molecule has 0 aromatic heterocycles. The monoisotopic (exact) mass is 197 g/mol. The summed E-state index contributed by atoms with van der Waals surface area (Å²) in [6.45, 7) is 0.814. The van der Waals surface area contributed by atoms with Gasteiger partial charge in [0.2, 0.25) is 5.91 Å². The van der Waals surface area contributed by atoms with Gasteiger partial charge in [-0.25, -0.2) is 5.06 Å². The number of halogens is 3. The molecular formula is C7H10F3NO2. The van der Waals surface area contributed by atoms with Crippen molar-refractivity contribution in [2.75, 3.05) is 13.2 Å². The third kappa shape index (κ3) is 3.63. The summed E-state index contributed by atoms with van der Waals surface area (Å²) < 4.78 is 35.1. The van der Waals surface area contributed by atoms with Crippen LogP contribution in [-0.4, -0.2) is 30.3 Å². The predicted octanol–water partition coefficient (Wildman–Crippen LogP) is 1.49. The van der Waals surface area contributed by atoms with Crippen LogP contribution in [0.3, 0.4) is 0 Å². The van der Waals surface area contributed by atoms with Crippen LogP contribution < -0.4 is 0 Å². The summed E-state index contributed by atoms with van der Waals surface area (Å²) in [4.78, 5) is 15.8. The number of amides is 1. The van der Waals surface area contributed by atoms with E-state index >= 15 is 0 Å². The van der Waals surface area contributed by atoms with Crippen molar-refractivity contribution >= 4 is 5.91 Å². The van der Waals surface area contributed by atoms with E-state index < -0.39 is 24.9 Å². The van der Waals surface area contributed by atoms with Gasteiger partial charge in [0.15, 0.2) is 0 Å². The Kier molecular flexibility index (Phi) is 3.13. The molecule has 0 radical (unpaired) electrons. The second-order valence-electron chi connectivity index (χ2n) is 2.80. The molecule has 1 saturated heterocycles. The third-order valence-corrected chi connectivity index (χ3v) is 1.65. The number of nitrogens with zero attached hydrogens (tertiary/aromatic N) is 1. The molecule has 0 bridgehead atoms. The smallest absolute Gasteiger partial charge is 0.273 e. The largest absolute Gasteiger partial charge is 0.389 e. The van der Waals surface area contributed by atoms with Crippen molar-refractivity contribution in [3.05, 3.63) is 0 Å². The quantitative estimate of drug-likeness (QED) is 0.671. The highest BCUT2D eigenvalue weighted by Gasteiger charge is 2.30. The van der Waals surface area contributed by atoms with E-state index in [0.29, 0.717) is 19.6 Å². The zero-order valence-corrected chi connectivity index (χ0v) is 6.93. The lowest BCUT2D eigenvalue weighted by atomic mass is 10.3. The van der Waals surface area contributed by atoms with Gasteiger partial charge in [-0.2, -0.15) is 13.2 Å². The average Bonchev–Trinajstić information content (AvgIpc) is 2.50. The van der Waals surface area contributed by atoms with Crippen molar-refractivity contribution in [1.29, 1.82) is 0 Å². The van der Waals surface area contributed by atoms with Crippen LogP contribution in [0.4, 0.5) is 13.2 Å². The molecule has 0 atom stereocenters. The fourth-order valence-corrected chi connectivity index (χ4v) is 1.02. The van der Waals surface area contributed by atoms with Crippen LogP contribution >= 0.6 is 0 Å². The maximum atomic E-state index is 11.7. The minimum Gasteiger partial charge on any atom is -0.273 e. The minimum atomic E-state index is -4.27. The molecule has 13 heavy (non-hydrogen) atoms. The van der Waals surface area contributed by atoms with Crippen LogP contribution in [0.1, 0.15) is 19.3 Å². The molecule has 0 aliphatic carbocycles. The summed E-state index contributed by atoms with van der Waals surface area (Å²) in [5.41, 5.74) is 0. The van der Waals surface area contributed by atoms with Gasteiger partial charge < -0.3 is 0 Å². The number of hydrogen-bond acceptors (Lipinski definition) is 2. The summed E-state index contributed by atoms with van der Waals surface area (Å²) in [7, 11) is 0. The first-order valence-corrected chi connectivity index (χ1v) is 3.99. The van der Waals surface area contributed by atoms with Crippen LogP contribution in [0.5, 0.6) is 0 Å². The maximum absolute atomic E-state index is 11.7. The van der Waals surface area contributed by atoms with E-state index in [1.165, 1.54) is 0 Å². The first-order chi connectivity index (χ1) is 5.99. The highest BCUT2D eigenvalue weighted by molar-refractivity contribution is 5.75. The van der Waals surface area contributed by atoms with E-state index in [0.717, 1.165) is 5.06 Å². The Bertz CT molecular complexity index is 187. The van der Waals surface area contributed by atoms with Gasteiger partial charge in [-0.15, -0.1) is 0 Å². The number of carbonyl (C=O) groups excluding carboxylic acids is 1. The van der Waals surface area contributed by atoms with E-state index in [9.17, 15) is 18.0 Å². The van der Waals surface area contributed by atoms with Crippen LogP contribution in [0, 0.1) is 0 Å². The second kappa shape index (κ2) is 3.95. The Morgan fingerprint density at radius 1 is 1.46 bits per heavy atom. The maximum Gasteiger partial charge on any atom is 0.389 e. The van der Waals surface area contributed by atoms with E-state index in [4.69, 9.17) is 4.84 Å². The van der Waals surface area contributed by atoms with Crippen LogP contribution in [0.15, 0.2) is 0 Å². The molecule has 1 heterocycles. The first kappa shape index (κ1) is 10.3. The average molecular weight is 197 g/mol. The molecule has 3 nitrogen and oxygen atoms in total. The zero-order valence-electron chi connectivity index (χ0n) is 6.93. The lowest BCUT2D eigenvalue weighted by molar-refractivity contribution is -0.176. The number of hydrogen-bond donors (Lipinski definition) is 0. The molecule has 0 spiro atoms. The van der Waals surface area contributed by atoms with Gasteiger partial charge in [-0.1, -0.05) is 0 Å². The summed E-state index contributed by atoms with van der Waals surface area (Å²) >= 11 is 0. The van der Waals surface area contributed by atoms with E-state index in [1.807, 2.05) is 0 Å². The van der Waals surface area contributed by atoms with Gasteiger partial charge in [0.05, 0.1) is 19.6 Å². The van der Waals surface area contributed by atoms with E-state index in [1.54, 1.807) is 0 Å². The van der Waals surface area contributed by atoms with Gasteiger partial charge in [0.25, 0.3) is 0 Å². The highest BCUT2D eigenvalue weighted by atomic mass is 19.4. The van der Waals surface area contributed by atoms with Gasteiger partial charge in [0, 0.05) is 6.42 Å². The molecule has 0 aromatic carbocycles. The standard InChI is InChI=1S/C7H10F3NO2/c8-7(9,10)3-2-6(12)11-4-1-5-13-11/h1-5H2. The minimum absolute atomic E-state index is 0.399. The molecule has 1 amide bonds. The second-order valence-corrected chi connectivity index (χ2v) is 2.80. The Balaban J connectivity index is 2.25. The molecule has 6 heteroatoms. The van der Waals surface area contributed by atoms with Crippen molar-refractivity contribution in [3.63, 3.8) is 0 Å². The topological polar surface area (TPSA) is 29.5 Å². The molecule has 1 fully saturated rings. The Morgan fingerprint density at radius 3 is 2.62 bits per heavy atom. The summed E-state index contributed by atoms with van der Waals surface area (Å²) in [6, 6.07) is 0. The predicted molar refractivity (Wildman–Crippen MR) is 37.6 cm³/mol. The zero-order chi connectivity index (χ0) is 9.90. The number of rotatable bonds is 2. The molecule has 0 aromatic rings. The third-order valence-electron chi connectivity index (χ3n) is 1.65. The molecule has 76 valence electrons. The van der Waals surface area contributed by atoms with Gasteiger partial charge in [0.1, 0.15) is 0 Å². The molecule has 0 N–H and O–H groups in total. The van der Waals surface area contributed by atoms with Crippen molar-refractivity contribution < 1.29 is 22.8 Å². The van der Waals surface area contributed by atoms with E-state index in [2.05, 4.69) is 0 Å². The lowest BCUT2D eigenvalue weighted by Gasteiger charge is -2.14. The van der Waals surface area contributed by atoms with Crippen LogP contribution in [0.2, 0.25) is 0 Å². The highest BCUT2D eigenvalue weighted by Crippen LogP contribution is 2.22. The van der Waals surface area contributed by atoms with E-state index in [-0.39, 0.29) is 0 Å². The fourth-order valence-electron chi connectivity index (χ4n) is 1.02. The van der Waals surface area contributed by atoms with Gasteiger partial charge >= 0.3 is 6.18 Å². The van der Waals surface area contributed by atoms with Crippen molar-refractivity contribution in [3.8, 4) is 0 Å². The first-order valence-electron chi connectivity index (χ1n) is 3.99. The van der Waals surface area contributed by atoms with Gasteiger partial charge in [-0.3, -0.25) is 9.63 Å². The molecular weight excluding hydrogens is 187 g/mol. The molecule has 0 unspecified atom stereocenters. The van der Waals surface area contributed by atoms with Crippen LogP contribution in [-0.2, 0) is 9.63 Å². The van der Waals surface area contributed by atoms with Crippen molar-refractivity contribution in [1.82, 2.24) is 5.06 Å². The molecule has 0 saturated carbocycles. The number of hydroxylamine groups is 2. The Morgan fingerprint density at radius 2 is 2.15 bits per heavy atom. The SMILES string of the molecule is O=C(CCC(F)(F)F)N1CCCO1. The lowest BCUT2D eigenvalue weighted by Crippen LogP contribution is -2.27. The fraction of sp³-hybridized carbons (Fsp3) is 0.857.